The molecule has 0 aliphatic heterocycles. The zero-order chi connectivity index (χ0) is 21.5. The van der Waals surface area contributed by atoms with Crippen LogP contribution in [0.2, 0.25) is 0 Å². The Bertz CT molecular complexity index is 1180. The van der Waals surface area contributed by atoms with Crippen LogP contribution in [-0.2, 0) is 9.53 Å². The fraction of sp³-hybridized carbons (Fsp3) is 0.0455. The Hall–Kier alpha value is -4.11. The summed E-state index contributed by atoms with van der Waals surface area (Å²) in [5.41, 5.74) is 0.553. The second-order valence-corrected chi connectivity index (χ2v) is 7.00. The molecule has 2 aromatic carbocycles. The summed E-state index contributed by atoms with van der Waals surface area (Å²) < 4.78 is 10.9. The van der Waals surface area contributed by atoms with E-state index < -0.39 is 18.5 Å². The van der Waals surface area contributed by atoms with Gasteiger partial charge in [-0.1, -0.05) is 30.3 Å². The third-order valence-electron chi connectivity index (χ3n) is 3.94. The minimum atomic E-state index is -0.706. The molecule has 0 unspecified atom stereocenters. The summed E-state index contributed by atoms with van der Waals surface area (Å²) in [7, 11) is 0. The van der Waals surface area contributed by atoms with E-state index in [9.17, 15) is 9.59 Å². The topological polar surface area (TPSA) is 103 Å². The van der Waals surface area contributed by atoms with Crippen molar-refractivity contribution >= 4 is 28.9 Å². The third-order valence-corrected chi connectivity index (χ3v) is 4.78. The maximum Gasteiger partial charge on any atom is 0.358 e. The van der Waals surface area contributed by atoms with Crippen molar-refractivity contribution in [2.75, 3.05) is 11.9 Å². The Balaban J connectivity index is 1.35. The molecule has 31 heavy (non-hydrogen) atoms. The predicted octanol–water partition coefficient (Wildman–Crippen LogP) is 4.19. The van der Waals surface area contributed by atoms with Gasteiger partial charge in [0, 0.05) is 17.8 Å². The SMILES string of the molecule is O=C(COC(=O)c1csc(-c2ncccn2)n1)Nc1ccccc1Oc1ccccc1. The van der Waals surface area contributed by atoms with E-state index in [2.05, 4.69) is 20.3 Å². The number of anilines is 1. The molecule has 9 heteroatoms. The molecular weight excluding hydrogens is 416 g/mol. The standard InChI is InChI=1S/C22H16N4O4S/c27-19(25-16-9-4-5-10-18(16)30-15-7-2-1-3-8-15)13-29-22(28)17-14-31-21(26-17)20-23-11-6-12-24-20/h1-12,14H,13H2,(H,25,27). The first-order valence-electron chi connectivity index (χ1n) is 9.21. The lowest BCUT2D eigenvalue weighted by molar-refractivity contribution is -0.119. The number of nitrogens with one attached hydrogen (secondary N) is 1. The maximum atomic E-state index is 12.3. The van der Waals surface area contributed by atoms with E-state index >= 15 is 0 Å². The average molecular weight is 432 g/mol. The van der Waals surface area contributed by atoms with Crippen LogP contribution in [0.4, 0.5) is 5.69 Å². The van der Waals surface area contributed by atoms with Crippen LogP contribution in [0.1, 0.15) is 10.5 Å². The number of ether oxygens (including phenoxy) is 2. The van der Waals surface area contributed by atoms with Crippen molar-refractivity contribution in [1.29, 1.82) is 0 Å². The van der Waals surface area contributed by atoms with Gasteiger partial charge in [-0.2, -0.15) is 0 Å². The molecule has 0 saturated carbocycles. The summed E-state index contributed by atoms with van der Waals surface area (Å²) in [6, 6.07) is 17.9. The number of esters is 1. The molecule has 2 aromatic heterocycles. The van der Waals surface area contributed by atoms with Gasteiger partial charge in [0.2, 0.25) is 0 Å². The highest BCUT2D eigenvalue weighted by Gasteiger charge is 2.16. The molecule has 4 aromatic rings. The normalized spacial score (nSPS) is 10.3. The van der Waals surface area contributed by atoms with Crippen molar-refractivity contribution < 1.29 is 19.1 Å². The third kappa shape index (κ3) is 5.28. The number of nitrogens with zero attached hydrogens (tertiary/aromatic N) is 3. The zero-order valence-corrected chi connectivity index (χ0v) is 16.9. The highest BCUT2D eigenvalue weighted by molar-refractivity contribution is 7.13. The van der Waals surface area contributed by atoms with Crippen molar-refractivity contribution in [3.05, 3.63) is 84.1 Å². The highest BCUT2D eigenvalue weighted by Crippen LogP contribution is 2.29. The first-order chi connectivity index (χ1) is 15.2. The Morgan fingerprint density at radius 1 is 0.935 bits per heavy atom. The van der Waals surface area contributed by atoms with Crippen molar-refractivity contribution in [2.24, 2.45) is 0 Å². The van der Waals surface area contributed by atoms with Gasteiger partial charge in [0.15, 0.2) is 28.9 Å². The molecule has 1 amide bonds. The van der Waals surface area contributed by atoms with Crippen molar-refractivity contribution in [2.45, 2.75) is 0 Å². The second kappa shape index (κ2) is 9.59. The summed E-state index contributed by atoms with van der Waals surface area (Å²) in [6.45, 7) is -0.465. The fourth-order valence-electron chi connectivity index (χ4n) is 2.55. The summed E-state index contributed by atoms with van der Waals surface area (Å²) >= 11 is 1.22. The molecule has 0 spiro atoms. The van der Waals surface area contributed by atoms with Gasteiger partial charge in [0.05, 0.1) is 5.69 Å². The smallest absolute Gasteiger partial charge is 0.358 e. The Kier molecular flexibility index (Phi) is 6.24. The molecule has 1 N–H and O–H groups in total. The van der Waals surface area contributed by atoms with Crippen molar-refractivity contribution in [3.8, 4) is 22.3 Å². The van der Waals surface area contributed by atoms with E-state index in [0.29, 0.717) is 28.0 Å². The molecule has 2 heterocycles. The Labute approximate surface area is 181 Å². The van der Waals surface area contributed by atoms with Crippen LogP contribution in [0.3, 0.4) is 0 Å². The Morgan fingerprint density at radius 2 is 1.68 bits per heavy atom. The van der Waals surface area contributed by atoms with Crippen LogP contribution >= 0.6 is 11.3 Å². The van der Waals surface area contributed by atoms with Crippen LogP contribution in [0.5, 0.6) is 11.5 Å². The largest absolute Gasteiger partial charge is 0.455 e. The van der Waals surface area contributed by atoms with Crippen LogP contribution in [0.15, 0.2) is 78.4 Å². The molecule has 0 fully saturated rings. The number of rotatable bonds is 7. The van der Waals surface area contributed by atoms with Crippen molar-refractivity contribution in [1.82, 2.24) is 15.0 Å². The number of benzene rings is 2. The number of amides is 1. The Morgan fingerprint density at radius 3 is 2.48 bits per heavy atom. The second-order valence-electron chi connectivity index (χ2n) is 6.15. The number of para-hydroxylation sites is 3. The summed E-state index contributed by atoms with van der Waals surface area (Å²) in [4.78, 5) is 36.9. The van der Waals surface area contributed by atoms with Crippen LogP contribution in [0, 0.1) is 0 Å². The van der Waals surface area contributed by atoms with Gasteiger partial charge in [-0.05, 0) is 30.3 Å². The van der Waals surface area contributed by atoms with E-state index in [1.54, 1.807) is 42.7 Å². The first-order valence-corrected chi connectivity index (χ1v) is 10.1. The molecule has 0 radical (unpaired) electrons. The molecular formula is C22H16N4O4S. The lowest BCUT2D eigenvalue weighted by Gasteiger charge is -2.12. The average Bonchev–Trinajstić information content (AvgIpc) is 3.31. The molecule has 0 atom stereocenters. The van der Waals surface area contributed by atoms with E-state index in [0.717, 1.165) is 0 Å². The van der Waals surface area contributed by atoms with Crippen LogP contribution in [0.25, 0.3) is 10.8 Å². The van der Waals surface area contributed by atoms with Gasteiger partial charge in [-0.15, -0.1) is 11.3 Å². The lowest BCUT2D eigenvalue weighted by atomic mass is 10.3. The van der Waals surface area contributed by atoms with Crippen LogP contribution in [-0.4, -0.2) is 33.4 Å². The lowest BCUT2D eigenvalue weighted by Crippen LogP contribution is -2.21. The number of hydrogen-bond donors (Lipinski definition) is 1. The number of thiazole rings is 1. The number of carbonyl (C=O) groups is 2. The first kappa shape index (κ1) is 20.2. The highest BCUT2D eigenvalue weighted by atomic mass is 32.1. The van der Waals surface area contributed by atoms with Crippen molar-refractivity contribution in [3.63, 3.8) is 0 Å². The van der Waals surface area contributed by atoms with Gasteiger partial charge in [-0.3, -0.25) is 4.79 Å². The number of hydrogen-bond acceptors (Lipinski definition) is 8. The minimum Gasteiger partial charge on any atom is -0.455 e. The number of aromatic nitrogens is 3. The number of carbonyl (C=O) groups excluding carboxylic acids is 2. The van der Waals surface area contributed by atoms with Gasteiger partial charge < -0.3 is 14.8 Å². The molecule has 0 saturated heterocycles. The van der Waals surface area contributed by atoms with Gasteiger partial charge in [-0.25, -0.2) is 19.7 Å². The summed E-state index contributed by atoms with van der Waals surface area (Å²) in [6.07, 6.45) is 3.18. The quantitative estimate of drug-likeness (QED) is 0.437. The summed E-state index contributed by atoms with van der Waals surface area (Å²) in [5.74, 6) is 0.318. The van der Waals surface area contributed by atoms with E-state index in [1.807, 2.05) is 30.3 Å². The van der Waals surface area contributed by atoms with E-state index in [1.165, 1.54) is 16.7 Å². The summed E-state index contributed by atoms with van der Waals surface area (Å²) in [5, 5.41) is 4.72. The molecule has 4 rings (SSSR count). The van der Waals surface area contributed by atoms with Crippen LogP contribution < -0.4 is 10.1 Å². The van der Waals surface area contributed by atoms with Gasteiger partial charge >= 0.3 is 5.97 Å². The molecule has 0 bridgehead atoms. The molecule has 8 nitrogen and oxygen atoms in total. The maximum absolute atomic E-state index is 12.3. The zero-order valence-electron chi connectivity index (χ0n) is 16.1. The van der Waals surface area contributed by atoms with Gasteiger partial charge in [0.25, 0.3) is 5.91 Å². The molecule has 0 aliphatic rings. The molecule has 154 valence electrons. The van der Waals surface area contributed by atoms with Gasteiger partial charge in [0.1, 0.15) is 5.75 Å². The van der Waals surface area contributed by atoms with E-state index in [-0.39, 0.29) is 5.69 Å². The predicted molar refractivity (Wildman–Crippen MR) is 115 cm³/mol. The molecule has 0 aliphatic carbocycles. The monoisotopic (exact) mass is 432 g/mol. The van der Waals surface area contributed by atoms with E-state index in [4.69, 9.17) is 9.47 Å². The fourth-order valence-corrected chi connectivity index (χ4v) is 3.28. The minimum absolute atomic E-state index is 0.0908.